The average molecular weight is 826 g/mol. The van der Waals surface area contributed by atoms with E-state index in [0.29, 0.717) is 55.9 Å². The molecule has 4 aromatic rings. The summed E-state index contributed by atoms with van der Waals surface area (Å²) in [6, 6.07) is 35.0. The number of para-hydroxylation sites is 4. The van der Waals surface area contributed by atoms with Crippen LogP contribution in [0.15, 0.2) is 102 Å². The molecule has 2 fully saturated rings. The van der Waals surface area contributed by atoms with Gasteiger partial charge in [-0.05, 0) is 68.9 Å². The minimum absolute atomic E-state index is 0.166. The molecule has 2 aliphatic carbocycles. The summed E-state index contributed by atoms with van der Waals surface area (Å²) in [4.78, 5) is 28.4. The summed E-state index contributed by atoms with van der Waals surface area (Å²) in [5.74, 6) is 3.45. The van der Waals surface area contributed by atoms with E-state index in [2.05, 4.69) is 39.1 Å². The van der Waals surface area contributed by atoms with Crippen LogP contribution in [0.1, 0.15) is 78.4 Å². The molecule has 0 radical (unpaired) electrons. The zero-order chi connectivity index (χ0) is 44.1. The molecule has 318 valence electrons. The van der Waals surface area contributed by atoms with Crippen molar-refractivity contribution in [1.29, 1.82) is 15.8 Å². The molecule has 2 aliphatic rings. The van der Waals surface area contributed by atoms with Gasteiger partial charge < -0.3 is 29.6 Å². The standard InChI is InChI=1S/C25H31N5O3.C14H15NO2.C9H9NO/c1-27-24(29-17-26)30-18-12-14-25(15-13-18,20-9-5-7-11-22(20)33-3)16-28-23(31)19-8-4-6-10-21(19)32-2;1-17-13-5-3-2-4-12(13)14(10-15)8-6-11(16)7-9-14;1-11-9-5-3-2-4-8(9)6-7-10/h4-11,18H,12-16H2,1-3H3,(H,28,31)(H2,27,29,30);2-5H,6-9H2,1H3;2-5H,6H2,1H3. The highest BCUT2D eigenvalue weighted by molar-refractivity contribution is 5.97. The lowest BCUT2D eigenvalue weighted by molar-refractivity contribution is -0.121. The van der Waals surface area contributed by atoms with Crippen LogP contribution < -0.4 is 34.9 Å². The fourth-order valence-electron chi connectivity index (χ4n) is 7.89. The van der Waals surface area contributed by atoms with Crippen LogP contribution in [0.3, 0.4) is 0 Å². The number of rotatable bonds is 11. The molecule has 0 aliphatic heterocycles. The van der Waals surface area contributed by atoms with Gasteiger partial charge in [0.2, 0.25) is 5.96 Å². The molecule has 4 aromatic carbocycles. The van der Waals surface area contributed by atoms with Crippen molar-refractivity contribution in [3.8, 4) is 41.3 Å². The van der Waals surface area contributed by atoms with E-state index in [-0.39, 0.29) is 23.1 Å². The molecule has 0 unspecified atom stereocenters. The number of Topliss-reactive ketones (excluding diaryl/α,β-unsaturated/α-hetero) is 1. The highest BCUT2D eigenvalue weighted by atomic mass is 16.5. The van der Waals surface area contributed by atoms with E-state index in [1.807, 2.05) is 85.1 Å². The molecule has 0 bridgehead atoms. The van der Waals surface area contributed by atoms with Crippen molar-refractivity contribution in [1.82, 2.24) is 16.0 Å². The van der Waals surface area contributed by atoms with E-state index >= 15 is 0 Å². The Labute approximate surface area is 359 Å². The molecule has 0 atom stereocenters. The fourth-order valence-corrected chi connectivity index (χ4v) is 7.89. The molecular formula is C48H55N7O6. The van der Waals surface area contributed by atoms with Crippen molar-refractivity contribution in [2.24, 2.45) is 4.99 Å². The van der Waals surface area contributed by atoms with E-state index in [9.17, 15) is 14.9 Å². The van der Waals surface area contributed by atoms with Crippen LogP contribution in [0, 0.1) is 34.1 Å². The molecule has 0 aromatic heterocycles. The summed E-state index contributed by atoms with van der Waals surface area (Å²) in [5, 5.41) is 35.8. The smallest absolute Gasteiger partial charge is 0.255 e. The first kappa shape index (κ1) is 46.6. The van der Waals surface area contributed by atoms with Crippen molar-refractivity contribution in [3.05, 3.63) is 119 Å². The Morgan fingerprint density at radius 1 is 0.721 bits per heavy atom. The Morgan fingerprint density at radius 3 is 1.80 bits per heavy atom. The number of benzene rings is 4. The molecule has 2 saturated carbocycles. The number of ketones is 1. The number of amides is 1. The Balaban J connectivity index is 0.000000241. The molecule has 0 saturated heterocycles. The minimum atomic E-state index is -0.555. The number of nitriles is 3. The maximum Gasteiger partial charge on any atom is 0.255 e. The summed E-state index contributed by atoms with van der Waals surface area (Å²) >= 11 is 0. The van der Waals surface area contributed by atoms with Gasteiger partial charge in [0.1, 0.15) is 28.8 Å². The fraction of sp³-hybridized carbons (Fsp3) is 0.375. The number of hydrogen-bond donors (Lipinski definition) is 3. The number of nitrogens with zero attached hydrogens (tertiary/aromatic N) is 4. The van der Waals surface area contributed by atoms with Gasteiger partial charge in [0.05, 0.1) is 58.0 Å². The maximum absolute atomic E-state index is 13.0. The van der Waals surface area contributed by atoms with Crippen LogP contribution in [0.2, 0.25) is 0 Å². The van der Waals surface area contributed by atoms with Gasteiger partial charge in [-0.2, -0.15) is 15.8 Å². The largest absolute Gasteiger partial charge is 0.496 e. The molecular weight excluding hydrogens is 771 g/mol. The summed E-state index contributed by atoms with van der Waals surface area (Å²) in [6.45, 7) is 0.474. The van der Waals surface area contributed by atoms with Gasteiger partial charge in [0.15, 0.2) is 6.19 Å². The average Bonchev–Trinajstić information content (AvgIpc) is 3.32. The Kier molecular flexibility index (Phi) is 18.0. The second-order valence-corrected chi connectivity index (χ2v) is 14.7. The van der Waals surface area contributed by atoms with Gasteiger partial charge in [-0.3, -0.25) is 19.9 Å². The first-order valence-corrected chi connectivity index (χ1v) is 20.1. The van der Waals surface area contributed by atoms with Crippen molar-refractivity contribution in [2.45, 2.75) is 74.7 Å². The van der Waals surface area contributed by atoms with E-state index in [4.69, 9.17) is 29.5 Å². The van der Waals surface area contributed by atoms with Crippen LogP contribution >= 0.6 is 0 Å². The van der Waals surface area contributed by atoms with Crippen LogP contribution in [0.25, 0.3) is 0 Å². The van der Waals surface area contributed by atoms with Crippen LogP contribution in [-0.4, -0.2) is 65.7 Å². The number of methoxy groups -OCH3 is 4. The quantitative estimate of drug-likeness (QED) is 0.0594. The molecule has 61 heavy (non-hydrogen) atoms. The number of guanidine groups is 1. The zero-order valence-corrected chi connectivity index (χ0v) is 35.6. The summed E-state index contributed by atoms with van der Waals surface area (Å²) < 4.78 is 21.4. The van der Waals surface area contributed by atoms with E-state index in [0.717, 1.165) is 59.6 Å². The monoisotopic (exact) mass is 825 g/mol. The molecule has 13 heteroatoms. The molecule has 0 spiro atoms. The number of aliphatic imine (C=N–C) groups is 1. The number of nitrogens with one attached hydrogen (secondary N) is 3. The van der Waals surface area contributed by atoms with Crippen LogP contribution in [0.4, 0.5) is 0 Å². The predicted octanol–water partition coefficient (Wildman–Crippen LogP) is 7.32. The van der Waals surface area contributed by atoms with Crippen molar-refractivity contribution in [3.63, 3.8) is 0 Å². The Bertz CT molecular complexity index is 2220. The second-order valence-electron chi connectivity index (χ2n) is 14.7. The SMILES string of the molecule is CN=C(NC#N)NC1CCC(CNC(=O)c2ccccc2OC)(c2ccccc2OC)CC1.COc1ccccc1C1(C#N)CCC(=O)CC1.COc1ccccc1CC#N. The highest BCUT2D eigenvalue weighted by Gasteiger charge is 2.40. The predicted molar refractivity (Wildman–Crippen MR) is 234 cm³/mol. The van der Waals surface area contributed by atoms with Gasteiger partial charge in [-0.1, -0.05) is 66.7 Å². The molecule has 6 rings (SSSR count). The normalized spacial score (nSPS) is 17.7. The van der Waals surface area contributed by atoms with Gasteiger partial charge in [-0.25, -0.2) is 0 Å². The Morgan fingerprint density at radius 2 is 1.25 bits per heavy atom. The third-order valence-corrected chi connectivity index (χ3v) is 11.3. The molecule has 0 heterocycles. The molecule has 3 N–H and O–H groups in total. The Hall–Kier alpha value is -7.04. The number of carbonyl (C=O) groups is 2. The van der Waals surface area contributed by atoms with Gasteiger partial charge >= 0.3 is 0 Å². The summed E-state index contributed by atoms with van der Waals surface area (Å²) in [6.07, 6.45) is 7.88. The third-order valence-electron chi connectivity index (χ3n) is 11.3. The van der Waals surface area contributed by atoms with Gasteiger partial charge in [-0.15, -0.1) is 0 Å². The number of hydrogen-bond acceptors (Lipinski definition) is 10. The molecule has 13 nitrogen and oxygen atoms in total. The minimum Gasteiger partial charge on any atom is -0.496 e. The number of carbonyl (C=O) groups excluding carboxylic acids is 2. The lowest BCUT2D eigenvalue weighted by Crippen LogP contribution is -2.49. The van der Waals surface area contributed by atoms with E-state index in [1.54, 1.807) is 47.6 Å². The first-order valence-electron chi connectivity index (χ1n) is 20.1. The second kappa shape index (κ2) is 23.5. The van der Waals surface area contributed by atoms with Crippen molar-refractivity contribution in [2.75, 3.05) is 42.0 Å². The van der Waals surface area contributed by atoms with Crippen molar-refractivity contribution < 1.29 is 28.5 Å². The van der Waals surface area contributed by atoms with E-state index < -0.39 is 5.41 Å². The van der Waals surface area contributed by atoms with Crippen molar-refractivity contribution >= 4 is 17.6 Å². The summed E-state index contributed by atoms with van der Waals surface area (Å²) in [7, 11) is 8.09. The van der Waals surface area contributed by atoms with Crippen LogP contribution in [-0.2, 0) is 22.0 Å². The lowest BCUT2D eigenvalue weighted by Gasteiger charge is -2.41. The zero-order valence-electron chi connectivity index (χ0n) is 35.6. The lowest BCUT2D eigenvalue weighted by atomic mass is 9.67. The molecule has 1 amide bonds. The third kappa shape index (κ3) is 12.2. The van der Waals surface area contributed by atoms with E-state index in [1.165, 1.54) is 0 Å². The van der Waals surface area contributed by atoms with Gasteiger partial charge in [0, 0.05) is 54.6 Å². The van der Waals surface area contributed by atoms with Crippen LogP contribution in [0.5, 0.6) is 23.0 Å². The van der Waals surface area contributed by atoms with Gasteiger partial charge in [0.25, 0.3) is 5.91 Å². The first-order chi connectivity index (χ1) is 29.7. The maximum atomic E-state index is 13.0. The number of ether oxygens (including phenoxy) is 4. The topological polar surface area (TPSA) is 191 Å². The highest BCUT2D eigenvalue weighted by Crippen LogP contribution is 2.44. The summed E-state index contributed by atoms with van der Waals surface area (Å²) in [5.41, 5.74) is 2.62.